The quantitative estimate of drug-likeness (QED) is 0.911. The molecule has 0 amide bonds. The zero-order chi connectivity index (χ0) is 14.9. The van der Waals surface area contributed by atoms with E-state index < -0.39 is 6.43 Å². The largest absolute Gasteiger partial charge is 0.383 e. The van der Waals surface area contributed by atoms with Gasteiger partial charge in [0.15, 0.2) is 0 Å². The number of nitrogen functional groups attached to an aromatic ring is 1. The average Bonchev–Trinajstić information content (AvgIpc) is 2.75. The lowest BCUT2D eigenvalue weighted by molar-refractivity contribution is 0.151. The molecule has 2 N–H and O–H groups in total. The number of anilines is 1. The highest BCUT2D eigenvalue weighted by Crippen LogP contribution is 2.30. The third-order valence-corrected chi connectivity index (χ3v) is 3.29. The highest BCUT2D eigenvalue weighted by Gasteiger charge is 2.17. The average molecular weight is 279 g/mol. The van der Waals surface area contributed by atoms with Gasteiger partial charge in [0.1, 0.15) is 17.3 Å². The first-order chi connectivity index (χ1) is 9.45. The molecule has 1 aromatic carbocycles. The van der Waals surface area contributed by atoms with E-state index in [1.807, 2.05) is 25.3 Å². The van der Waals surface area contributed by atoms with Crippen molar-refractivity contribution in [3.63, 3.8) is 0 Å². The summed E-state index contributed by atoms with van der Waals surface area (Å²) in [5.74, 6) is 1.49. The maximum absolute atomic E-state index is 12.6. The van der Waals surface area contributed by atoms with E-state index in [-0.39, 0.29) is 11.6 Å². The molecule has 1 aromatic heterocycles. The number of hydrogen-bond donors (Lipinski definition) is 1. The van der Waals surface area contributed by atoms with Crippen LogP contribution in [-0.2, 0) is 6.42 Å². The molecule has 20 heavy (non-hydrogen) atoms. The minimum atomic E-state index is -2.46. The maximum atomic E-state index is 12.6. The van der Waals surface area contributed by atoms with Gasteiger partial charge in [-0.3, -0.25) is 0 Å². The lowest BCUT2D eigenvalue weighted by Crippen LogP contribution is -2.08. The first-order valence-electron chi connectivity index (χ1n) is 6.70. The topological polar surface area (TPSA) is 43.8 Å². The van der Waals surface area contributed by atoms with Crippen molar-refractivity contribution in [3.8, 4) is 11.3 Å². The van der Waals surface area contributed by atoms with E-state index in [1.165, 1.54) is 12.1 Å². The molecule has 0 bridgehead atoms. The van der Waals surface area contributed by atoms with Gasteiger partial charge in [-0.2, -0.15) is 0 Å². The Morgan fingerprint density at radius 2 is 1.80 bits per heavy atom. The van der Waals surface area contributed by atoms with Crippen LogP contribution in [0, 0.1) is 0 Å². The van der Waals surface area contributed by atoms with Gasteiger partial charge in [0.2, 0.25) is 0 Å². The van der Waals surface area contributed by atoms with E-state index in [4.69, 9.17) is 5.73 Å². The summed E-state index contributed by atoms with van der Waals surface area (Å²) in [6, 6.07) is 6.33. The van der Waals surface area contributed by atoms with E-state index in [0.29, 0.717) is 11.5 Å². The van der Waals surface area contributed by atoms with Crippen molar-refractivity contribution in [1.29, 1.82) is 0 Å². The molecule has 0 spiro atoms. The molecular weight excluding hydrogens is 260 g/mol. The molecule has 0 saturated carbocycles. The number of nitrogens with zero attached hydrogens (tertiary/aromatic N) is 2. The Balaban J connectivity index is 2.47. The molecule has 0 saturated heterocycles. The van der Waals surface area contributed by atoms with Crippen LogP contribution in [0.5, 0.6) is 0 Å². The van der Waals surface area contributed by atoms with Crippen LogP contribution < -0.4 is 5.73 Å². The van der Waals surface area contributed by atoms with Gasteiger partial charge in [-0.1, -0.05) is 31.2 Å². The van der Waals surface area contributed by atoms with E-state index in [9.17, 15) is 8.78 Å². The smallest absolute Gasteiger partial charge is 0.263 e. The van der Waals surface area contributed by atoms with Crippen molar-refractivity contribution in [2.75, 3.05) is 5.73 Å². The molecule has 2 aromatic rings. The third-order valence-electron chi connectivity index (χ3n) is 3.29. The number of nitrogens with two attached hydrogens (primary N) is 1. The van der Waals surface area contributed by atoms with Crippen LogP contribution in [0.2, 0.25) is 0 Å². The molecule has 108 valence electrons. The van der Waals surface area contributed by atoms with Gasteiger partial charge in [0.25, 0.3) is 6.43 Å². The highest BCUT2D eigenvalue weighted by molar-refractivity contribution is 5.71. The second kappa shape index (κ2) is 5.61. The zero-order valence-electron chi connectivity index (χ0n) is 11.9. The van der Waals surface area contributed by atoms with Gasteiger partial charge >= 0.3 is 0 Å². The van der Waals surface area contributed by atoms with Crippen molar-refractivity contribution in [1.82, 2.24) is 9.55 Å². The summed E-state index contributed by atoms with van der Waals surface area (Å²) in [6.45, 7) is 6.10. The lowest BCUT2D eigenvalue weighted by atomic mass is 10.1. The number of halogens is 2. The molecule has 2 rings (SSSR count). The minimum absolute atomic E-state index is 0.00586. The summed E-state index contributed by atoms with van der Waals surface area (Å²) >= 11 is 0. The molecule has 0 aliphatic carbocycles. The zero-order valence-corrected chi connectivity index (χ0v) is 11.9. The molecular formula is C15H19F2N3. The molecule has 3 nitrogen and oxygen atoms in total. The van der Waals surface area contributed by atoms with Crippen molar-refractivity contribution in [2.24, 2.45) is 0 Å². The van der Waals surface area contributed by atoms with E-state index in [1.54, 1.807) is 12.1 Å². The number of rotatable bonds is 4. The van der Waals surface area contributed by atoms with Crippen LogP contribution in [0.25, 0.3) is 11.3 Å². The standard InChI is InChI=1S/C15H19F2N3/c1-4-12-19-13(15(18)20(12)9(2)3)10-5-7-11(8-6-10)14(16)17/h5-9,14H,4,18H2,1-3H3. The molecule has 1 heterocycles. The molecule has 0 aliphatic heterocycles. The van der Waals surface area contributed by atoms with Crippen LogP contribution in [0.4, 0.5) is 14.6 Å². The first kappa shape index (κ1) is 14.5. The second-order valence-corrected chi connectivity index (χ2v) is 5.00. The van der Waals surface area contributed by atoms with Crippen LogP contribution in [-0.4, -0.2) is 9.55 Å². The first-order valence-corrected chi connectivity index (χ1v) is 6.70. The molecule has 0 fully saturated rings. The van der Waals surface area contributed by atoms with Gasteiger partial charge in [0, 0.05) is 23.6 Å². The van der Waals surface area contributed by atoms with Gasteiger partial charge in [-0.15, -0.1) is 0 Å². The van der Waals surface area contributed by atoms with Gasteiger partial charge < -0.3 is 10.3 Å². The lowest BCUT2D eigenvalue weighted by Gasteiger charge is -2.12. The molecule has 0 unspecified atom stereocenters. The number of aryl methyl sites for hydroxylation is 1. The maximum Gasteiger partial charge on any atom is 0.263 e. The summed E-state index contributed by atoms with van der Waals surface area (Å²) in [7, 11) is 0. The Kier molecular flexibility index (Phi) is 4.06. The number of imidazole rings is 1. The van der Waals surface area contributed by atoms with Crippen LogP contribution in [0.15, 0.2) is 24.3 Å². The Hall–Kier alpha value is -1.91. The summed E-state index contributed by atoms with van der Waals surface area (Å²) < 4.78 is 27.1. The van der Waals surface area contributed by atoms with E-state index in [0.717, 1.165) is 17.8 Å². The molecule has 0 atom stereocenters. The summed E-state index contributed by atoms with van der Waals surface area (Å²) in [4.78, 5) is 4.54. The number of hydrogen-bond acceptors (Lipinski definition) is 2. The predicted octanol–water partition coefficient (Wildman–Crippen LogP) is 4.21. The van der Waals surface area contributed by atoms with Gasteiger partial charge in [-0.05, 0) is 13.8 Å². The second-order valence-electron chi connectivity index (χ2n) is 5.00. The van der Waals surface area contributed by atoms with Crippen LogP contribution >= 0.6 is 0 Å². The van der Waals surface area contributed by atoms with Crippen LogP contribution in [0.1, 0.15) is 44.6 Å². The van der Waals surface area contributed by atoms with E-state index in [2.05, 4.69) is 4.98 Å². The molecule has 0 radical (unpaired) electrons. The number of aromatic nitrogens is 2. The number of alkyl halides is 2. The van der Waals surface area contributed by atoms with Crippen molar-refractivity contribution < 1.29 is 8.78 Å². The van der Waals surface area contributed by atoms with Gasteiger partial charge in [-0.25, -0.2) is 13.8 Å². The summed E-state index contributed by atoms with van der Waals surface area (Å²) in [6.07, 6.45) is -1.68. The fraction of sp³-hybridized carbons (Fsp3) is 0.400. The SMILES string of the molecule is CCc1nc(-c2ccc(C(F)F)cc2)c(N)n1C(C)C. The van der Waals surface area contributed by atoms with Crippen molar-refractivity contribution in [2.45, 2.75) is 39.7 Å². The van der Waals surface area contributed by atoms with Gasteiger partial charge in [0.05, 0.1) is 0 Å². The predicted molar refractivity (Wildman–Crippen MR) is 76.8 cm³/mol. The monoisotopic (exact) mass is 279 g/mol. The number of benzene rings is 1. The molecule has 0 aliphatic rings. The van der Waals surface area contributed by atoms with Crippen molar-refractivity contribution >= 4 is 5.82 Å². The fourth-order valence-corrected chi connectivity index (χ4v) is 2.32. The summed E-state index contributed by atoms with van der Waals surface area (Å²) in [5, 5.41) is 0. The molecule has 5 heteroatoms. The highest BCUT2D eigenvalue weighted by atomic mass is 19.3. The summed E-state index contributed by atoms with van der Waals surface area (Å²) in [5.41, 5.74) is 7.60. The fourth-order valence-electron chi connectivity index (χ4n) is 2.32. The normalized spacial score (nSPS) is 11.6. The third kappa shape index (κ3) is 2.53. The Morgan fingerprint density at radius 3 is 2.20 bits per heavy atom. The Morgan fingerprint density at radius 1 is 1.20 bits per heavy atom. The van der Waals surface area contributed by atoms with Crippen molar-refractivity contribution in [3.05, 3.63) is 35.7 Å². The van der Waals surface area contributed by atoms with E-state index >= 15 is 0 Å². The Labute approximate surface area is 117 Å². The minimum Gasteiger partial charge on any atom is -0.383 e. The Bertz CT molecular complexity index is 586. The van der Waals surface area contributed by atoms with Crippen LogP contribution in [0.3, 0.4) is 0 Å².